The van der Waals surface area contributed by atoms with Crippen LogP contribution in [0.5, 0.6) is 5.75 Å². The van der Waals surface area contributed by atoms with Gasteiger partial charge >= 0.3 is 0 Å². The molecule has 0 atom stereocenters. The highest BCUT2D eigenvalue weighted by molar-refractivity contribution is 7.15. The number of para-hydroxylation sites is 1. The van der Waals surface area contributed by atoms with Gasteiger partial charge in [0.05, 0.1) is 6.61 Å². The van der Waals surface area contributed by atoms with Gasteiger partial charge in [-0.2, -0.15) is 5.26 Å². The van der Waals surface area contributed by atoms with E-state index in [2.05, 4.69) is 17.2 Å². The van der Waals surface area contributed by atoms with Crippen molar-refractivity contribution in [3.8, 4) is 11.8 Å². The molecule has 32 heavy (non-hydrogen) atoms. The molecule has 0 aliphatic carbocycles. The van der Waals surface area contributed by atoms with Gasteiger partial charge in [0.15, 0.2) is 5.13 Å². The van der Waals surface area contributed by atoms with Crippen molar-refractivity contribution in [1.29, 1.82) is 5.26 Å². The minimum Gasteiger partial charge on any atom is -0.493 e. The van der Waals surface area contributed by atoms with Crippen LogP contribution in [0, 0.1) is 11.3 Å². The Kier molecular flexibility index (Phi) is 8.69. The number of rotatable bonds is 9. The molecule has 1 N–H and O–H groups in total. The van der Waals surface area contributed by atoms with Gasteiger partial charge in [-0.1, -0.05) is 54.7 Å². The second-order valence-corrected chi connectivity index (χ2v) is 8.87. The highest BCUT2D eigenvalue weighted by atomic mass is 35.5. The van der Waals surface area contributed by atoms with Gasteiger partial charge in [-0.3, -0.25) is 10.1 Å². The number of halogens is 2. The molecule has 0 unspecified atom stereocenters. The molecule has 3 rings (SSSR count). The summed E-state index contributed by atoms with van der Waals surface area (Å²) in [7, 11) is 0. The Balaban J connectivity index is 1.71. The van der Waals surface area contributed by atoms with Crippen molar-refractivity contribution in [1.82, 2.24) is 4.98 Å². The van der Waals surface area contributed by atoms with Crippen molar-refractivity contribution in [2.45, 2.75) is 26.2 Å². The maximum absolute atomic E-state index is 12.7. The number of aromatic nitrogens is 1. The third-order valence-corrected chi connectivity index (χ3v) is 6.00. The number of benzene rings is 2. The van der Waals surface area contributed by atoms with Gasteiger partial charge < -0.3 is 4.74 Å². The summed E-state index contributed by atoms with van der Waals surface area (Å²) in [5, 5.41) is 13.8. The van der Waals surface area contributed by atoms with E-state index in [9.17, 15) is 10.1 Å². The SMILES string of the molecule is CCCCOc1ccccc1C=C(C#N)C(=O)Nc1ncc(Cc2cc(Cl)ccc2Cl)s1. The molecule has 1 amide bonds. The van der Waals surface area contributed by atoms with Crippen LogP contribution in [0.4, 0.5) is 5.13 Å². The minimum atomic E-state index is -0.530. The lowest BCUT2D eigenvalue weighted by Gasteiger charge is -2.09. The van der Waals surface area contributed by atoms with Gasteiger partial charge in [0.2, 0.25) is 0 Å². The first kappa shape index (κ1) is 23.8. The summed E-state index contributed by atoms with van der Waals surface area (Å²) < 4.78 is 5.78. The van der Waals surface area contributed by atoms with E-state index in [1.165, 1.54) is 17.4 Å². The number of nitriles is 1. The van der Waals surface area contributed by atoms with Crippen molar-refractivity contribution >= 4 is 51.7 Å². The predicted molar refractivity (Wildman–Crippen MR) is 130 cm³/mol. The first-order chi connectivity index (χ1) is 15.5. The van der Waals surface area contributed by atoms with Crippen LogP contribution < -0.4 is 10.1 Å². The summed E-state index contributed by atoms with van der Waals surface area (Å²) in [6.07, 6.45) is 5.68. The lowest BCUT2D eigenvalue weighted by Crippen LogP contribution is -2.13. The number of nitrogens with one attached hydrogen (secondary N) is 1. The van der Waals surface area contributed by atoms with Gasteiger partial charge in [-0.05, 0) is 42.3 Å². The largest absolute Gasteiger partial charge is 0.493 e. The molecular formula is C24H21Cl2N3O2S. The van der Waals surface area contributed by atoms with E-state index < -0.39 is 5.91 Å². The average molecular weight is 486 g/mol. The normalized spacial score (nSPS) is 11.1. The molecule has 0 bridgehead atoms. The van der Waals surface area contributed by atoms with Gasteiger partial charge in [-0.15, -0.1) is 11.3 Å². The Morgan fingerprint density at radius 1 is 1.28 bits per heavy atom. The van der Waals surface area contributed by atoms with E-state index in [0.717, 1.165) is 23.3 Å². The third kappa shape index (κ3) is 6.57. The molecule has 0 spiro atoms. The monoisotopic (exact) mass is 485 g/mol. The van der Waals surface area contributed by atoms with E-state index in [4.69, 9.17) is 27.9 Å². The number of carbonyl (C=O) groups excluding carboxylic acids is 1. The van der Waals surface area contributed by atoms with Crippen LogP contribution in [0.2, 0.25) is 10.0 Å². The zero-order valence-corrected chi connectivity index (χ0v) is 19.7. The number of thiazole rings is 1. The molecule has 8 heteroatoms. The van der Waals surface area contributed by atoms with Crippen LogP contribution in [0.25, 0.3) is 6.08 Å². The number of carbonyl (C=O) groups is 1. The number of amides is 1. The van der Waals surface area contributed by atoms with E-state index in [0.29, 0.717) is 39.5 Å². The molecule has 0 aliphatic rings. The molecule has 3 aromatic rings. The predicted octanol–water partition coefficient (Wildman–Crippen LogP) is 6.77. The van der Waals surface area contributed by atoms with Crippen LogP contribution in [0.3, 0.4) is 0 Å². The number of nitrogens with zero attached hydrogens (tertiary/aromatic N) is 2. The summed E-state index contributed by atoms with van der Waals surface area (Å²) in [6.45, 7) is 2.66. The van der Waals surface area contributed by atoms with Crippen molar-refractivity contribution < 1.29 is 9.53 Å². The highest BCUT2D eigenvalue weighted by Gasteiger charge is 2.14. The average Bonchev–Trinajstić information content (AvgIpc) is 3.22. The molecular weight excluding hydrogens is 465 g/mol. The van der Waals surface area contributed by atoms with Crippen molar-refractivity contribution in [3.05, 3.63) is 80.3 Å². The molecule has 0 radical (unpaired) electrons. The fraction of sp³-hybridized carbons (Fsp3) is 0.208. The minimum absolute atomic E-state index is 0.0359. The Bertz CT molecular complexity index is 1170. The first-order valence-electron chi connectivity index (χ1n) is 10.0. The molecule has 0 fully saturated rings. The van der Waals surface area contributed by atoms with Crippen molar-refractivity contribution in [2.75, 3.05) is 11.9 Å². The fourth-order valence-electron chi connectivity index (χ4n) is 2.84. The molecule has 2 aromatic carbocycles. The summed E-state index contributed by atoms with van der Waals surface area (Å²) in [5.74, 6) is 0.106. The number of anilines is 1. The Morgan fingerprint density at radius 2 is 2.09 bits per heavy atom. The Labute approximate surface area is 201 Å². The lowest BCUT2D eigenvalue weighted by molar-refractivity contribution is -0.112. The van der Waals surface area contributed by atoms with Gasteiger partial charge in [0.1, 0.15) is 17.4 Å². The molecule has 1 heterocycles. The van der Waals surface area contributed by atoms with Gasteiger partial charge in [-0.25, -0.2) is 4.98 Å². The summed E-state index contributed by atoms with van der Waals surface area (Å²) in [5.41, 5.74) is 1.51. The quantitative estimate of drug-likeness (QED) is 0.206. The Hall–Kier alpha value is -2.85. The lowest BCUT2D eigenvalue weighted by atomic mass is 10.1. The summed E-state index contributed by atoms with van der Waals surface area (Å²) >= 11 is 13.6. The van der Waals surface area contributed by atoms with Crippen LogP contribution in [0.1, 0.15) is 35.8 Å². The molecule has 5 nitrogen and oxygen atoms in total. The van der Waals surface area contributed by atoms with E-state index in [1.807, 2.05) is 30.3 Å². The first-order valence-corrected chi connectivity index (χ1v) is 11.6. The maximum atomic E-state index is 12.7. The van der Waals surface area contributed by atoms with Crippen LogP contribution in [-0.2, 0) is 11.2 Å². The molecule has 0 saturated heterocycles. The molecule has 1 aromatic heterocycles. The molecule has 0 aliphatic heterocycles. The summed E-state index contributed by atoms with van der Waals surface area (Å²) in [6, 6.07) is 14.6. The third-order valence-electron chi connectivity index (χ3n) is 4.49. The topological polar surface area (TPSA) is 75.0 Å². The van der Waals surface area contributed by atoms with Gasteiger partial charge in [0.25, 0.3) is 5.91 Å². The number of hydrogen-bond acceptors (Lipinski definition) is 5. The van der Waals surface area contributed by atoms with Crippen molar-refractivity contribution in [3.63, 3.8) is 0 Å². The maximum Gasteiger partial charge on any atom is 0.268 e. The zero-order valence-electron chi connectivity index (χ0n) is 17.4. The van der Waals surface area contributed by atoms with E-state index in [-0.39, 0.29) is 5.57 Å². The number of unbranched alkanes of at least 4 members (excludes halogenated alkanes) is 1. The smallest absolute Gasteiger partial charge is 0.268 e. The highest BCUT2D eigenvalue weighted by Crippen LogP contribution is 2.27. The zero-order chi connectivity index (χ0) is 22.9. The fourth-order valence-corrected chi connectivity index (χ4v) is 4.05. The summed E-state index contributed by atoms with van der Waals surface area (Å²) in [4.78, 5) is 17.8. The van der Waals surface area contributed by atoms with Gasteiger partial charge in [0, 0.05) is 33.1 Å². The molecule has 0 saturated carbocycles. The number of hydrogen-bond donors (Lipinski definition) is 1. The van der Waals surface area contributed by atoms with E-state index >= 15 is 0 Å². The van der Waals surface area contributed by atoms with E-state index in [1.54, 1.807) is 24.4 Å². The second-order valence-electron chi connectivity index (χ2n) is 6.91. The standard InChI is InChI=1S/C24H21Cl2N3O2S/c1-2-3-10-31-22-7-5-4-6-16(22)11-18(14-27)23(30)29-24-28-15-20(32-24)13-17-12-19(25)8-9-21(17)26/h4-9,11-12,15H,2-3,10,13H2,1H3,(H,28,29,30). The molecule has 164 valence electrons. The Morgan fingerprint density at radius 3 is 2.88 bits per heavy atom. The van der Waals surface area contributed by atoms with Crippen molar-refractivity contribution in [2.24, 2.45) is 0 Å². The van der Waals surface area contributed by atoms with Crippen LogP contribution >= 0.6 is 34.5 Å². The van der Waals surface area contributed by atoms with Crippen LogP contribution in [-0.4, -0.2) is 17.5 Å². The number of ether oxygens (including phenoxy) is 1. The van der Waals surface area contributed by atoms with Crippen LogP contribution in [0.15, 0.2) is 54.2 Å². The second kappa shape index (κ2) is 11.7.